The van der Waals surface area contributed by atoms with Crippen LogP contribution in [0.5, 0.6) is 0 Å². The van der Waals surface area contributed by atoms with Crippen molar-refractivity contribution in [3.05, 3.63) is 49.1 Å². The number of morpholine rings is 1. The molecule has 6 rings (SSSR count). The number of pyridine rings is 1. The van der Waals surface area contributed by atoms with Crippen molar-refractivity contribution >= 4 is 27.8 Å². The quantitative estimate of drug-likeness (QED) is 0.506. The summed E-state index contributed by atoms with van der Waals surface area (Å²) in [5.74, 6) is 0.933. The molecule has 0 bridgehead atoms. The molecule has 1 saturated carbocycles. The summed E-state index contributed by atoms with van der Waals surface area (Å²) in [5, 5.41) is 5.99. The van der Waals surface area contributed by atoms with Crippen molar-refractivity contribution in [3.63, 3.8) is 0 Å². The second kappa shape index (κ2) is 8.48. The highest BCUT2D eigenvalue weighted by Crippen LogP contribution is 2.34. The van der Waals surface area contributed by atoms with E-state index in [-0.39, 0.29) is 0 Å². The molecule has 0 spiro atoms. The van der Waals surface area contributed by atoms with Crippen molar-refractivity contribution in [2.24, 2.45) is 0 Å². The third kappa shape index (κ3) is 3.72. The normalized spacial score (nSPS) is 22.4. The van der Waals surface area contributed by atoms with Crippen LogP contribution in [0, 0.1) is 0 Å². The number of hydrogen-bond donors (Lipinski definition) is 2. The molecule has 0 unspecified atom stereocenters. The molecule has 1 aliphatic carbocycles. The Hall–Kier alpha value is -3.03. The SMILES string of the molecule is c1cc(-c2ccc3[nH]c4ncnc(N[C@H]5CC[C@H](N6CCOCC6)CC5)c4c3c2)ccn1. The number of benzene rings is 1. The van der Waals surface area contributed by atoms with Crippen LogP contribution < -0.4 is 5.32 Å². The summed E-state index contributed by atoms with van der Waals surface area (Å²) in [5.41, 5.74) is 4.29. The molecule has 3 aromatic heterocycles. The highest BCUT2D eigenvalue weighted by molar-refractivity contribution is 6.12. The van der Waals surface area contributed by atoms with Gasteiger partial charge in [-0.05, 0) is 61.1 Å². The summed E-state index contributed by atoms with van der Waals surface area (Å²) in [6.07, 6.45) is 10.1. The summed E-state index contributed by atoms with van der Waals surface area (Å²) in [7, 11) is 0. The molecule has 1 aromatic carbocycles. The Morgan fingerprint density at radius 3 is 2.56 bits per heavy atom. The smallest absolute Gasteiger partial charge is 0.143 e. The van der Waals surface area contributed by atoms with Crippen LogP contribution in [0.1, 0.15) is 25.7 Å². The van der Waals surface area contributed by atoms with Gasteiger partial charge in [-0.2, -0.15) is 0 Å². The first-order chi connectivity index (χ1) is 15.8. The second-order valence-corrected chi connectivity index (χ2v) is 8.87. The molecule has 0 atom stereocenters. The standard InChI is InChI=1S/C25H28N6O/c1-6-22-21(15-18(1)17-7-9-26-10-8-17)23-24(27-16-28-25(23)30-22)29-19-2-4-20(5-3-19)31-11-13-32-14-12-31/h1,6-10,15-16,19-20H,2-5,11-14H2,(H2,27,28,29,30)/t19-,20-. The molecular weight excluding hydrogens is 400 g/mol. The van der Waals surface area contributed by atoms with E-state index in [1.54, 1.807) is 6.33 Å². The maximum atomic E-state index is 5.52. The van der Waals surface area contributed by atoms with Crippen molar-refractivity contribution in [1.29, 1.82) is 0 Å². The van der Waals surface area contributed by atoms with E-state index in [2.05, 4.69) is 48.4 Å². The minimum atomic E-state index is 0.443. The molecule has 2 fully saturated rings. The molecule has 0 amide bonds. The highest BCUT2D eigenvalue weighted by Gasteiger charge is 2.27. The van der Waals surface area contributed by atoms with Crippen LogP contribution >= 0.6 is 0 Å². The van der Waals surface area contributed by atoms with Gasteiger partial charge in [0.1, 0.15) is 17.8 Å². The monoisotopic (exact) mass is 428 g/mol. The van der Waals surface area contributed by atoms with Gasteiger partial charge >= 0.3 is 0 Å². The minimum Gasteiger partial charge on any atom is -0.379 e. The Morgan fingerprint density at radius 2 is 1.75 bits per heavy atom. The number of rotatable bonds is 4. The molecule has 2 aliphatic rings. The molecule has 1 aliphatic heterocycles. The average Bonchev–Trinajstić information content (AvgIpc) is 3.24. The van der Waals surface area contributed by atoms with Crippen molar-refractivity contribution < 1.29 is 4.74 Å². The fourth-order valence-corrected chi connectivity index (χ4v) is 5.28. The predicted octanol–water partition coefficient (Wildman–Crippen LogP) is 4.23. The number of hydrogen-bond acceptors (Lipinski definition) is 6. The lowest BCUT2D eigenvalue weighted by molar-refractivity contribution is 0.00791. The van der Waals surface area contributed by atoms with E-state index >= 15 is 0 Å². The van der Waals surface area contributed by atoms with Gasteiger partial charge in [0.25, 0.3) is 0 Å². The Morgan fingerprint density at radius 1 is 0.938 bits per heavy atom. The molecule has 164 valence electrons. The average molecular weight is 429 g/mol. The maximum Gasteiger partial charge on any atom is 0.143 e. The molecule has 4 heterocycles. The molecule has 7 nitrogen and oxygen atoms in total. The Balaban J connectivity index is 1.26. The topological polar surface area (TPSA) is 79.0 Å². The number of aromatic nitrogens is 4. The van der Waals surface area contributed by atoms with E-state index in [9.17, 15) is 0 Å². The van der Waals surface area contributed by atoms with Crippen molar-refractivity contribution in [2.45, 2.75) is 37.8 Å². The summed E-state index contributed by atoms with van der Waals surface area (Å²) in [6.45, 7) is 3.90. The van der Waals surface area contributed by atoms with Gasteiger partial charge in [0.2, 0.25) is 0 Å². The third-order valence-electron chi connectivity index (χ3n) is 7.00. The lowest BCUT2D eigenvalue weighted by Crippen LogP contribution is -2.46. The van der Waals surface area contributed by atoms with Crippen LogP contribution in [0.25, 0.3) is 33.1 Å². The van der Waals surface area contributed by atoms with Gasteiger partial charge < -0.3 is 15.0 Å². The molecule has 1 saturated heterocycles. The number of nitrogens with one attached hydrogen (secondary N) is 2. The second-order valence-electron chi connectivity index (χ2n) is 8.87. The van der Waals surface area contributed by atoms with E-state index in [4.69, 9.17) is 4.74 Å². The highest BCUT2D eigenvalue weighted by atomic mass is 16.5. The maximum absolute atomic E-state index is 5.52. The summed E-state index contributed by atoms with van der Waals surface area (Å²) in [4.78, 5) is 19.4. The number of anilines is 1. The largest absolute Gasteiger partial charge is 0.379 e. The van der Waals surface area contributed by atoms with Gasteiger partial charge in [-0.25, -0.2) is 9.97 Å². The van der Waals surface area contributed by atoms with Gasteiger partial charge in [0, 0.05) is 48.5 Å². The predicted molar refractivity (Wildman–Crippen MR) is 127 cm³/mol. The van der Waals surface area contributed by atoms with Gasteiger partial charge in [-0.3, -0.25) is 9.88 Å². The van der Waals surface area contributed by atoms with Crippen LogP contribution in [0.15, 0.2) is 49.1 Å². The molecule has 32 heavy (non-hydrogen) atoms. The molecular formula is C25H28N6O. The van der Waals surface area contributed by atoms with Gasteiger partial charge in [-0.1, -0.05) is 6.07 Å². The number of H-pyrrole nitrogens is 1. The van der Waals surface area contributed by atoms with Crippen LogP contribution in [0.2, 0.25) is 0 Å². The van der Waals surface area contributed by atoms with Gasteiger partial charge in [0.15, 0.2) is 0 Å². The summed E-state index contributed by atoms with van der Waals surface area (Å²) in [6, 6.07) is 11.7. The Kier molecular flexibility index (Phi) is 5.21. The Bertz CT molecular complexity index is 1210. The van der Waals surface area contributed by atoms with Gasteiger partial charge in [0.05, 0.1) is 18.6 Å². The van der Waals surface area contributed by atoms with E-state index in [1.165, 1.54) is 18.4 Å². The van der Waals surface area contributed by atoms with E-state index in [1.807, 2.05) is 24.5 Å². The Labute approximate surface area is 187 Å². The van der Waals surface area contributed by atoms with Crippen LogP contribution in [-0.4, -0.2) is 63.2 Å². The molecule has 7 heteroatoms. The zero-order valence-electron chi connectivity index (χ0n) is 18.1. The third-order valence-corrected chi connectivity index (χ3v) is 7.00. The lowest BCUT2D eigenvalue weighted by atomic mass is 9.90. The summed E-state index contributed by atoms with van der Waals surface area (Å²) < 4.78 is 5.52. The van der Waals surface area contributed by atoms with Crippen molar-refractivity contribution in [2.75, 3.05) is 31.6 Å². The lowest BCUT2D eigenvalue weighted by Gasteiger charge is -2.39. The first kappa shape index (κ1) is 19.6. The van der Waals surface area contributed by atoms with E-state index in [0.717, 1.165) is 72.5 Å². The number of nitrogens with zero attached hydrogens (tertiary/aromatic N) is 4. The van der Waals surface area contributed by atoms with E-state index < -0.39 is 0 Å². The number of fused-ring (bicyclic) bond motifs is 3. The first-order valence-electron chi connectivity index (χ1n) is 11.6. The molecule has 2 N–H and O–H groups in total. The van der Waals surface area contributed by atoms with Crippen LogP contribution in [0.3, 0.4) is 0 Å². The fourth-order valence-electron chi connectivity index (χ4n) is 5.28. The zero-order valence-corrected chi connectivity index (χ0v) is 18.1. The summed E-state index contributed by atoms with van der Waals surface area (Å²) >= 11 is 0. The van der Waals surface area contributed by atoms with Crippen molar-refractivity contribution in [1.82, 2.24) is 24.8 Å². The molecule has 4 aromatic rings. The number of aromatic amines is 1. The van der Waals surface area contributed by atoms with Gasteiger partial charge in [-0.15, -0.1) is 0 Å². The van der Waals surface area contributed by atoms with Crippen LogP contribution in [0.4, 0.5) is 5.82 Å². The van der Waals surface area contributed by atoms with Crippen LogP contribution in [-0.2, 0) is 4.74 Å². The zero-order chi connectivity index (χ0) is 21.3. The van der Waals surface area contributed by atoms with E-state index in [0.29, 0.717) is 12.1 Å². The molecule has 0 radical (unpaired) electrons. The first-order valence-corrected chi connectivity index (χ1v) is 11.6. The minimum absolute atomic E-state index is 0.443. The fraction of sp³-hybridized carbons (Fsp3) is 0.400. The van der Waals surface area contributed by atoms with Crippen molar-refractivity contribution in [3.8, 4) is 11.1 Å². The number of ether oxygens (including phenoxy) is 1.